The van der Waals surface area contributed by atoms with Gasteiger partial charge < -0.3 is 20.1 Å². The minimum atomic E-state index is 0.412. The molecular weight excluding hydrogens is 204 g/mol. The summed E-state index contributed by atoms with van der Waals surface area (Å²) in [5.41, 5.74) is 8.10. The van der Waals surface area contributed by atoms with E-state index in [-0.39, 0.29) is 0 Å². The van der Waals surface area contributed by atoms with Gasteiger partial charge in [0.2, 0.25) is 0 Å². The Morgan fingerprint density at radius 1 is 1.38 bits per heavy atom. The molecule has 2 saturated heterocycles. The summed E-state index contributed by atoms with van der Waals surface area (Å²) >= 11 is 0. The van der Waals surface area contributed by atoms with Crippen molar-refractivity contribution < 1.29 is 9.47 Å². The molecule has 2 aliphatic heterocycles. The van der Waals surface area contributed by atoms with Crippen LogP contribution in [0.2, 0.25) is 0 Å². The highest BCUT2D eigenvalue weighted by Gasteiger charge is 2.49. The van der Waals surface area contributed by atoms with Crippen LogP contribution in [0.3, 0.4) is 0 Å². The Morgan fingerprint density at radius 3 is 2.69 bits per heavy atom. The standard InChI is InChI=1S/C12H16N2O2/c1-15-11-9(13)3-2-4-10(11)14-5-12(6-14)7-16-8-12/h2-4H,5-8,13H2,1H3. The first-order valence-corrected chi connectivity index (χ1v) is 5.49. The summed E-state index contributed by atoms with van der Waals surface area (Å²) in [5, 5.41) is 0. The first kappa shape index (κ1) is 9.78. The van der Waals surface area contributed by atoms with Gasteiger partial charge in [0.25, 0.3) is 0 Å². The molecule has 0 unspecified atom stereocenters. The van der Waals surface area contributed by atoms with E-state index in [2.05, 4.69) is 11.0 Å². The molecule has 86 valence electrons. The van der Waals surface area contributed by atoms with E-state index in [0.717, 1.165) is 37.7 Å². The molecule has 4 nitrogen and oxygen atoms in total. The number of methoxy groups -OCH3 is 1. The largest absolute Gasteiger partial charge is 0.492 e. The molecule has 0 radical (unpaired) electrons. The van der Waals surface area contributed by atoms with E-state index in [9.17, 15) is 0 Å². The number of nitrogens with two attached hydrogens (primary N) is 1. The summed E-state index contributed by atoms with van der Waals surface area (Å²) in [6.45, 7) is 3.89. The Bertz CT molecular complexity index is 407. The molecule has 1 aromatic carbocycles. The van der Waals surface area contributed by atoms with Gasteiger partial charge in [-0.25, -0.2) is 0 Å². The van der Waals surface area contributed by atoms with Crippen LogP contribution in [-0.2, 0) is 4.74 Å². The summed E-state index contributed by atoms with van der Waals surface area (Å²) in [7, 11) is 1.66. The fourth-order valence-corrected chi connectivity index (χ4v) is 2.52. The number of hydrogen-bond donors (Lipinski definition) is 1. The first-order valence-electron chi connectivity index (χ1n) is 5.49. The number of benzene rings is 1. The molecule has 0 saturated carbocycles. The number of ether oxygens (including phenoxy) is 2. The lowest BCUT2D eigenvalue weighted by Crippen LogP contribution is -2.66. The van der Waals surface area contributed by atoms with E-state index >= 15 is 0 Å². The van der Waals surface area contributed by atoms with E-state index < -0.39 is 0 Å². The van der Waals surface area contributed by atoms with E-state index in [0.29, 0.717) is 11.1 Å². The van der Waals surface area contributed by atoms with Gasteiger partial charge in [0.05, 0.1) is 37.1 Å². The summed E-state index contributed by atoms with van der Waals surface area (Å²) in [6.07, 6.45) is 0. The maximum atomic E-state index is 5.89. The zero-order valence-electron chi connectivity index (χ0n) is 9.40. The minimum Gasteiger partial charge on any atom is -0.492 e. The van der Waals surface area contributed by atoms with Gasteiger partial charge in [0.1, 0.15) is 0 Å². The van der Waals surface area contributed by atoms with Gasteiger partial charge in [-0.2, -0.15) is 0 Å². The number of hydrogen-bond acceptors (Lipinski definition) is 4. The van der Waals surface area contributed by atoms with Crippen molar-refractivity contribution in [1.29, 1.82) is 0 Å². The number of nitrogens with zero attached hydrogens (tertiary/aromatic N) is 1. The molecule has 0 bridgehead atoms. The maximum Gasteiger partial charge on any atom is 0.165 e. The lowest BCUT2D eigenvalue weighted by molar-refractivity contribution is -0.127. The number of nitrogen functional groups attached to an aromatic ring is 1. The highest BCUT2D eigenvalue weighted by atomic mass is 16.5. The monoisotopic (exact) mass is 220 g/mol. The maximum absolute atomic E-state index is 5.89. The number of anilines is 2. The number of para-hydroxylation sites is 1. The third-order valence-electron chi connectivity index (χ3n) is 3.44. The van der Waals surface area contributed by atoms with Crippen molar-refractivity contribution >= 4 is 11.4 Å². The zero-order chi connectivity index (χ0) is 11.2. The quantitative estimate of drug-likeness (QED) is 0.759. The van der Waals surface area contributed by atoms with Gasteiger partial charge in [-0.3, -0.25) is 0 Å². The molecule has 2 fully saturated rings. The normalized spacial score (nSPS) is 21.4. The Balaban J connectivity index is 1.82. The molecule has 16 heavy (non-hydrogen) atoms. The predicted molar refractivity (Wildman–Crippen MR) is 62.9 cm³/mol. The third-order valence-corrected chi connectivity index (χ3v) is 3.44. The van der Waals surface area contributed by atoms with Crippen LogP contribution >= 0.6 is 0 Å². The van der Waals surface area contributed by atoms with Crippen LogP contribution in [0.1, 0.15) is 0 Å². The molecule has 0 aromatic heterocycles. The van der Waals surface area contributed by atoms with Gasteiger partial charge in [0.15, 0.2) is 5.75 Å². The second-order valence-corrected chi connectivity index (χ2v) is 4.75. The SMILES string of the molecule is COc1c(N)cccc1N1CC2(COC2)C1. The van der Waals surface area contributed by atoms with E-state index in [1.165, 1.54) is 0 Å². The Morgan fingerprint density at radius 2 is 2.12 bits per heavy atom. The second-order valence-electron chi connectivity index (χ2n) is 4.75. The predicted octanol–water partition coefficient (Wildman–Crippen LogP) is 1.11. The second kappa shape index (κ2) is 3.28. The summed E-state index contributed by atoms with van der Waals surface area (Å²) < 4.78 is 10.6. The van der Waals surface area contributed by atoms with Crippen molar-refractivity contribution in [3.8, 4) is 5.75 Å². The average molecular weight is 220 g/mol. The van der Waals surface area contributed by atoms with Crippen LogP contribution < -0.4 is 15.4 Å². The van der Waals surface area contributed by atoms with Crippen LogP contribution in [0.15, 0.2) is 18.2 Å². The molecule has 2 N–H and O–H groups in total. The Labute approximate surface area is 94.9 Å². The van der Waals surface area contributed by atoms with Gasteiger partial charge in [-0.1, -0.05) is 6.07 Å². The summed E-state index contributed by atoms with van der Waals surface area (Å²) in [5.74, 6) is 0.789. The van der Waals surface area contributed by atoms with Crippen LogP contribution in [0.5, 0.6) is 5.75 Å². The van der Waals surface area contributed by atoms with Crippen molar-refractivity contribution in [2.45, 2.75) is 0 Å². The molecule has 0 atom stereocenters. The van der Waals surface area contributed by atoms with Crippen LogP contribution in [0.4, 0.5) is 11.4 Å². The van der Waals surface area contributed by atoms with Crippen molar-refractivity contribution in [3.05, 3.63) is 18.2 Å². The van der Waals surface area contributed by atoms with Crippen LogP contribution in [0.25, 0.3) is 0 Å². The average Bonchev–Trinajstić information content (AvgIpc) is 2.13. The van der Waals surface area contributed by atoms with Gasteiger partial charge in [-0.15, -0.1) is 0 Å². The highest BCUT2D eigenvalue weighted by Crippen LogP contribution is 2.44. The highest BCUT2D eigenvalue weighted by molar-refractivity contribution is 5.71. The molecule has 2 aliphatic rings. The summed E-state index contributed by atoms with van der Waals surface area (Å²) in [6, 6.07) is 5.89. The lowest BCUT2D eigenvalue weighted by Gasteiger charge is -2.56. The number of rotatable bonds is 2. The third kappa shape index (κ3) is 1.26. The van der Waals surface area contributed by atoms with Crippen LogP contribution in [-0.4, -0.2) is 33.4 Å². The first-order chi connectivity index (χ1) is 7.74. The minimum absolute atomic E-state index is 0.412. The molecule has 0 amide bonds. The molecule has 2 heterocycles. The van der Waals surface area contributed by atoms with Gasteiger partial charge in [-0.05, 0) is 12.1 Å². The molecule has 4 heteroatoms. The van der Waals surface area contributed by atoms with E-state index in [1.54, 1.807) is 7.11 Å². The van der Waals surface area contributed by atoms with Crippen molar-refractivity contribution in [1.82, 2.24) is 0 Å². The van der Waals surface area contributed by atoms with Gasteiger partial charge >= 0.3 is 0 Å². The van der Waals surface area contributed by atoms with Crippen molar-refractivity contribution in [2.24, 2.45) is 5.41 Å². The smallest absolute Gasteiger partial charge is 0.165 e. The molecule has 1 spiro atoms. The topological polar surface area (TPSA) is 47.7 Å². The summed E-state index contributed by atoms with van der Waals surface area (Å²) in [4.78, 5) is 2.30. The van der Waals surface area contributed by atoms with Crippen LogP contribution in [0, 0.1) is 5.41 Å². The zero-order valence-corrected chi connectivity index (χ0v) is 9.40. The molecule has 1 aromatic rings. The molecule has 0 aliphatic carbocycles. The Kier molecular flexibility index (Phi) is 2.01. The van der Waals surface area contributed by atoms with Crippen molar-refractivity contribution in [2.75, 3.05) is 44.0 Å². The van der Waals surface area contributed by atoms with E-state index in [4.69, 9.17) is 15.2 Å². The van der Waals surface area contributed by atoms with Gasteiger partial charge in [0, 0.05) is 13.1 Å². The Hall–Kier alpha value is -1.42. The molecule has 3 rings (SSSR count). The fourth-order valence-electron chi connectivity index (χ4n) is 2.52. The lowest BCUT2D eigenvalue weighted by atomic mass is 9.77. The molecular formula is C12H16N2O2. The van der Waals surface area contributed by atoms with E-state index in [1.807, 2.05) is 12.1 Å². The fraction of sp³-hybridized carbons (Fsp3) is 0.500. The van der Waals surface area contributed by atoms with Crippen molar-refractivity contribution in [3.63, 3.8) is 0 Å².